The summed E-state index contributed by atoms with van der Waals surface area (Å²) in [6.45, 7) is 0. The third kappa shape index (κ3) is 4.34. The average Bonchev–Trinajstić information content (AvgIpc) is 2.99. The fraction of sp³-hybridized carbons (Fsp3) is 0.455. The zero-order chi connectivity index (χ0) is 24.4. The van der Waals surface area contributed by atoms with Crippen LogP contribution in [-0.4, -0.2) is 52.1 Å². The second kappa shape index (κ2) is 7.75. The molecule has 22 heteroatoms. The first-order valence-corrected chi connectivity index (χ1v) is 13.8. The van der Waals surface area contributed by atoms with E-state index in [1.165, 1.54) is 17.7 Å². The van der Waals surface area contributed by atoms with Gasteiger partial charge in [0, 0.05) is 16.9 Å². The van der Waals surface area contributed by atoms with Crippen molar-refractivity contribution < 1.29 is 56.3 Å². The molecule has 180 valence electrons. The zero-order valence-electron chi connectivity index (χ0n) is 15.7. The highest BCUT2D eigenvalue weighted by Crippen LogP contribution is 2.73. The number of phosphoric ester groups is 1. The first kappa shape index (κ1) is 24.6. The summed E-state index contributed by atoms with van der Waals surface area (Å²) in [6.07, 6.45) is -1.90. The number of hydrogen-bond donors (Lipinski definition) is 6. The van der Waals surface area contributed by atoms with E-state index in [9.17, 15) is 28.6 Å². The first-order chi connectivity index (χ1) is 15.1. The summed E-state index contributed by atoms with van der Waals surface area (Å²) in [5.41, 5.74) is 11.2. The predicted molar refractivity (Wildman–Crippen MR) is 106 cm³/mol. The minimum absolute atomic E-state index is 0.202. The van der Waals surface area contributed by atoms with Gasteiger partial charge in [0.25, 0.3) is 0 Å². The molecule has 0 spiro atoms. The smallest absolute Gasteiger partial charge is 0.384 e. The average molecular weight is 546 g/mol. The third-order valence-electron chi connectivity index (χ3n) is 4.75. The lowest BCUT2D eigenvalue weighted by atomic mass is 10.1. The van der Waals surface area contributed by atoms with E-state index >= 15 is 0 Å². The minimum atomic E-state index is -5.79. The Morgan fingerprint density at radius 2 is 1.94 bits per heavy atom. The largest absolute Gasteiger partial charge is 0.490 e. The first-order valence-electron chi connectivity index (χ1n) is 8.39. The van der Waals surface area contributed by atoms with E-state index in [0.29, 0.717) is 15.8 Å². The molecule has 7 N–H and O–H groups in total. The second-order valence-corrected chi connectivity index (χ2v) is 12.1. The summed E-state index contributed by atoms with van der Waals surface area (Å²) < 4.78 is 52.4. The molecule has 0 radical (unpaired) electrons. The highest BCUT2D eigenvalue weighted by atomic mass is 32.1. The van der Waals surface area contributed by atoms with Gasteiger partial charge in [0.15, 0.2) is 0 Å². The van der Waals surface area contributed by atoms with Crippen molar-refractivity contribution in [1.29, 1.82) is 0 Å². The maximum absolute atomic E-state index is 12.1. The standard InChI is InChI=1S/C11H13N6O12P3S/c12-8-7-6(14-3-15-8)4(2-33-7)5-1-10(18)9(11(10,26-5)16-17-13)27-31(22,23)29-32(24,25)28-30(19,20)21/h2-3,5,9,18H,1H2,(H,22,23)(H,24,25)(H2,12,14,15)(H2,19,20,21)/t5-,9?,10-,11?/m1/s1. The normalized spacial score (nSPS) is 32.5. The van der Waals surface area contributed by atoms with E-state index in [0.717, 1.165) is 0 Å². The molecule has 6 atom stereocenters. The van der Waals surface area contributed by atoms with E-state index in [1.54, 1.807) is 5.38 Å². The number of azide groups is 1. The Kier molecular flexibility index (Phi) is 5.77. The highest BCUT2D eigenvalue weighted by molar-refractivity contribution is 7.66. The molecule has 33 heavy (non-hydrogen) atoms. The van der Waals surface area contributed by atoms with Crippen molar-refractivity contribution in [2.24, 2.45) is 5.11 Å². The number of ether oxygens (including phenoxy) is 1. The van der Waals surface area contributed by atoms with Gasteiger partial charge in [0.05, 0.1) is 16.3 Å². The van der Waals surface area contributed by atoms with Crippen LogP contribution in [0.4, 0.5) is 5.82 Å². The molecule has 3 heterocycles. The quantitative estimate of drug-likeness (QED) is 0.117. The van der Waals surface area contributed by atoms with E-state index in [2.05, 4.69) is 33.1 Å². The molecule has 0 amide bonds. The number of fused-ring (bicyclic) bond motifs is 2. The molecule has 18 nitrogen and oxygen atoms in total. The Labute approximate surface area is 186 Å². The Bertz CT molecular complexity index is 1330. The highest BCUT2D eigenvalue weighted by Gasteiger charge is 2.85. The Morgan fingerprint density at radius 1 is 1.24 bits per heavy atom. The van der Waals surface area contributed by atoms with Gasteiger partial charge >= 0.3 is 23.5 Å². The molecule has 1 aliphatic carbocycles. The third-order valence-corrected chi connectivity index (χ3v) is 9.56. The molecular weight excluding hydrogens is 533 g/mol. The van der Waals surface area contributed by atoms with Crippen LogP contribution < -0.4 is 5.73 Å². The number of hydrogen-bond acceptors (Lipinski definition) is 13. The van der Waals surface area contributed by atoms with Crippen molar-refractivity contribution in [3.05, 3.63) is 27.7 Å². The van der Waals surface area contributed by atoms with Gasteiger partial charge in [0.2, 0.25) is 5.72 Å². The number of anilines is 1. The molecule has 0 aromatic carbocycles. The summed E-state index contributed by atoms with van der Waals surface area (Å²) in [4.78, 5) is 46.7. The molecule has 2 aromatic heterocycles. The van der Waals surface area contributed by atoms with Crippen molar-refractivity contribution in [1.82, 2.24) is 9.97 Å². The van der Waals surface area contributed by atoms with E-state index in [4.69, 9.17) is 25.8 Å². The van der Waals surface area contributed by atoms with Gasteiger partial charge < -0.3 is 35.2 Å². The number of phosphoric acid groups is 3. The SMILES string of the molecule is [N-]=[N+]=NC12O[C@@H](c3csc4c(N)ncnc34)C[C@@]1(O)C2OP(=O)(O)OP(=O)(O)OP(=O)(O)O. The van der Waals surface area contributed by atoms with Crippen molar-refractivity contribution in [2.45, 2.75) is 30.0 Å². The number of aliphatic hydroxyl groups is 1. The molecule has 0 bridgehead atoms. The van der Waals surface area contributed by atoms with Crippen molar-refractivity contribution in [2.75, 3.05) is 5.73 Å². The molecule has 1 saturated heterocycles. The fourth-order valence-corrected chi connectivity index (χ4v) is 7.71. The van der Waals surface area contributed by atoms with Crippen molar-refractivity contribution >= 4 is 50.8 Å². The predicted octanol–water partition coefficient (Wildman–Crippen LogP) is 1.20. The number of nitrogens with two attached hydrogens (primary N) is 1. The molecule has 1 aliphatic heterocycles. The lowest BCUT2D eigenvalue weighted by Gasteiger charge is -2.20. The Hall–Kier alpha value is -1.52. The monoisotopic (exact) mass is 546 g/mol. The van der Waals surface area contributed by atoms with Gasteiger partial charge in [-0.3, -0.25) is 4.52 Å². The lowest BCUT2D eigenvalue weighted by Crippen LogP contribution is -2.19. The molecule has 2 fully saturated rings. The summed E-state index contributed by atoms with van der Waals surface area (Å²) >= 11 is 1.19. The number of nitrogen functional groups attached to an aromatic ring is 1. The number of rotatable bonds is 8. The number of nitrogens with zero attached hydrogens (tertiary/aromatic N) is 5. The van der Waals surface area contributed by atoms with E-state index in [-0.39, 0.29) is 12.2 Å². The van der Waals surface area contributed by atoms with Crippen LogP contribution in [-0.2, 0) is 31.6 Å². The van der Waals surface area contributed by atoms with Crippen LogP contribution in [0.2, 0.25) is 0 Å². The summed E-state index contributed by atoms with van der Waals surface area (Å²) in [6, 6.07) is 0. The van der Waals surface area contributed by atoms with Gasteiger partial charge in [0.1, 0.15) is 23.9 Å². The Morgan fingerprint density at radius 3 is 2.58 bits per heavy atom. The molecule has 2 aromatic rings. The lowest BCUT2D eigenvalue weighted by molar-refractivity contribution is -0.0288. The van der Waals surface area contributed by atoms with Crippen molar-refractivity contribution in [3.63, 3.8) is 0 Å². The number of aromatic nitrogens is 2. The zero-order valence-corrected chi connectivity index (χ0v) is 19.2. The van der Waals surface area contributed by atoms with E-state index < -0.39 is 47.0 Å². The van der Waals surface area contributed by atoms with Gasteiger partial charge in [-0.2, -0.15) is 8.62 Å². The van der Waals surface area contributed by atoms with Crippen LogP contribution in [0.1, 0.15) is 18.1 Å². The second-order valence-electron chi connectivity index (χ2n) is 6.82. The summed E-state index contributed by atoms with van der Waals surface area (Å²) in [5, 5.41) is 15.9. The maximum Gasteiger partial charge on any atom is 0.490 e. The molecule has 2 aliphatic rings. The van der Waals surface area contributed by atoms with Crippen LogP contribution in [0.3, 0.4) is 0 Å². The molecule has 1 saturated carbocycles. The summed E-state index contributed by atoms with van der Waals surface area (Å²) in [7, 11) is -17.0. The summed E-state index contributed by atoms with van der Waals surface area (Å²) in [5.74, 6) is 0.202. The molecular formula is C11H13N6O12P3S. The number of thiophene rings is 1. The topological polar surface area (TPSA) is 290 Å². The van der Waals surface area contributed by atoms with Gasteiger partial charge in [-0.15, -0.1) is 11.3 Å². The molecule has 4 unspecified atom stereocenters. The van der Waals surface area contributed by atoms with E-state index in [1.807, 2.05) is 0 Å². The van der Waals surface area contributed by atoms with Crippen LogP contribution in [0.25, 0.3) is 20.7 Å². The van der Waals surface area contributed by atoms with Crippen LogP contribution in [0.15, 0.2) is 16.8 Å². The van der Waals surface area contributed by atoms with Crippen LogP contribution in [0, 0.1) is 0 Å². The fourth-order valence-electron chi connectivity index (χ4n) is 3.51. The van der Waals surface area contributed by atoms with Gasteiger partial charge in [-0.1, -0.05) is 5.11 Å². The molecule has 4 rings (SSSR count). The van der Waals surface area contributed by atoms with Gasteiger partial charge in [-0.05, 0) is 10.9 Å². The van der Waals surface area contributed by atoms with Crippen molar-refractivity contribution in [3.8, 4) is 0 Å². The maximum atomic E-state index is 12.1. The minimum Gasteiger partial charge on any atom is -0.384 e. The van der Waals surface area contributed by atoms with Gasteiger partial charge in [-0.25, -0.2) is 23.7 Å². The Balaban J connectivity index is 1.56. The van der Waals surface area contributed by atoms with Crippen LogP contribution >= 0.6 is 34.8 Å². The van der Waals surface area contributed by atoms with Crippen LogP contribution in [0.5, 0.6) is 0 Å².